The molecule has 1 spiro atoms. The molecule has 3 aliphatic rings. The first-order chi connectivity index (χ1) is 20.2. The first-order valence-corrected chi connectivity index (χ1v) is 22.6. The number of carbonyl (C=O) groups excluding carboxylic acids is 1. The zero-order valence-electron chi connectivity index (χ0n) is 29.1. The van der Waals surface area contributed by atoms with Crippen LogP contribution in [0.2, 0.25) is 36.3 Å². The van der Waals surface area contributed by atoms with E-state index in [1.54, 1.807) is 6.08 Å². The van der Waals surface area contributed by atoms with Crippen LogP contribution in [0.4, 0.5) is 0 Å². The largest absolute Gasteiger partial charge is 0.411 e. The third-order valence-electron chi connectivity index (χ3n) is 10.8. The van der Waals surface area contributed by atoms with Gasteiger partial charge in [0.1, 0.15) is 17.8 Å². The van der Waals surface area contributed by atoms with Gasteiger partial charge in [-0.1, -0.05) is 71.4 Å². The predicted octanol–water partition coefficient (Wildman–Crippen LogP) is 8.47. The van der Waals surface area contributed by atoms with Crippen molar-refractivity contribution in [2.24, 2.45) is 5.92 Å². The molecule has 1 N–H and O–H groups in total. The number of amides is 1. The number of hydrogen-bond donors (Lipinski definition) is 1. The SMILES string of the molecule is CC[Si](CC)(CC)O[C@@H]1[C@@H](/C=C/C(C)=C/CC2CCC(NC(=O)/C=C\[C@H](C)O[Si](C)(C)C(C)(C)C)CC2)OCC[C@@]12CO2. The summed E-state index contributed by atoms with van der Waals surface area (Å²) in [5, 5.41) is 3.38. The quantitative estimate of drug-likeness (QED) is 0.0899. The minimum atomic E-state index is -1.85. The Morgan fingerprint density at radius 3 is 2.26 bits per heavy atom. The molecule has 4 atom stereocenters. The molecule has 1 aliphatic carbocycles. The van der Waals surface area contributed by atoms with Crippen LogP contribution in [0.3, 0.4) is 0 Å². The number of carbonyl (C=O) groups is 1. The molecule has 3 rings (SSSR count). The number of nitrogens with one attached hydrogen (secondary N) is 1. The van der Waals surface area contributed by atoms with Gasteiger partial charge >= 0.3 is 0 Å². The summed E-state index contributed by atoms with van der Waals surface area (Å²) in [4.78, 5) is 12.6. The van der Waals surface area contributed by atoms with Crippen LogP contribution < -0.4 is 5.32 Å². The molecule has 43 heavy (non-hydrogen) atoms. The fourth-order valence-corrected chi connectivity index (χ4v) is 10.5. The van der Waals surface area contributed by atoms with Crippen molar-refractivity contribution in [3.63, 3.8) is 0 Å². The fraction of sp³-hybridized carbons (Fsp3) is 0.800. The molecular weight excluding hydrogens is 571 g/mol. The van der Waals surface area contributed by atoms with E-state index in [1.807, 2.05) is 13.0 Å². The Hall–Kier alpha value is -1.04. The monoisotopic (exact) mass is 633 g/mol. The Balaban J connectivity index is 1.45. The van der Waals surface area contributed by atoms with E-state index in [4.69, 9.17) is 18.3 Å². The maximum Gasteiger partial charge on any atom is 0.243 e. The summed E-state index contributed by atoms with van der Waals surface area (Å²) in [5.41, 5.74) is 1.14. The highest BCUT2D eigenvalue weighted by atomic mass is 28.4. The molecule has 0 aromatic heterocycles. The van der Waals surface area contributed by atoms with Crippen LogP contribution in [-0.4, -0.2) is 65.7 Å². The number of rotatable bonds is 14. The van der Waals surface area contributed by atoms with Crippen LogP contribution in [0.25, 0.3) is 0 Å². The summed E-state index contributed by atoms with van der Waals surface area (Å²) in [6.45, 7) is 23.8. The lowest BCUT2D eigenvalue weighted by Crippen LogP contribution is -2.54. The van der Waals surface area contributed by atoms with E-state index >= 15 is 0 Å². The Morgan fingerprint density at radius 2 is 1.70 bits per heavy atom. The molecule has 2 aliphatic heterocycles. The van der Waals surface area contributed by atoms with Crippen molar-refractivity contribution >= 4 is 22.5 Å². The van der Waals surface area contributed by atoms with E-state index in [0.717, 1.165) is 69.9 Å². The molecule has 1 amide bonds. The van der Waals surface area contributed by atoms with Gasteiger partial charge in [0.15, 0.2) is 16.6 Å². The molecule has 2 saturated heterocycles. The standard InChI is InChI=1S/C35H63NO5Si2/c1-11-43(12-2,13-3)41-33-31(38-25-24-35(33)26-39-35)22-15-27(4)14-17-29-18-20-30(21-19-29)36-32(37)23-16-28(5)40-42(9,10)34(6,7)8/h14-16,22-23,28-31,33H,11-13,17-21,24-26H2,1-10H3,(H,36,37)/b22-15+,23-16-,27-14+/t28-,29?,30?,31+,33+,35+/m0/s1. The molecule has 0 aromatic rings. The molecule has 2 heterocycles. The third kappa shape index (κ3) is 10.2. The minimum absolute atomic E-state index is 0.00248. The molecule has 0 aromatic carbocycles. The maximum atomic E-state index is 12.6. The van der Waals surface area contributed by atoms with Crippen molar-refractivity contribution in [3.05, 3.63) is 36.0 Å². The van der Waals surface area contributed by atoms with Crippen LogP contribution in [0, 0.1) is 5.92 Å². The highest BCUT2D eigenvalue weighted by Crippen LogP contribution is 2.44. The average Bonchev–Trinajstić information content (AvgIpc) is 3.73. The van der Waals surface area contributed by atoms with Crippen molar-refractivity contribution < 1.29 is 23.1 Å². The highest BCUT2D eigenvalue weighted by Gasteiger charge is 2.58. The van der Waals surface area contributed by atoms with Gasteiger partial charge in [0.25, 0.3) is 0 Å². The van der Waals surface area contributed by atoms with Crippen LogP contribution in [0.5, 0.6) is 0 Å². The summed E-state index contributed by atoms with van der Waals surface area (Å²) < 4.78 is 25.6. The van der Waals surface area contributed by atoms with Gasteiger partial charge in [-0.2, -0.15) is 0 Å². The first-order valence-electron chi connectivity index (χ1n) is 17.1. The van der Waals surface area contributed by atoms with Crippen molar-refractivity contribution in [1.29, 1.82) is 0 Å². The van der Waals surface area contributed by atoms with Gasteiger partial charge in [-0.25, -0.2) is 0 Å². The highest BCUT2D eigenvalue weighted by molar-refractivity contribution is 6.74. The Labute approximate surface area is 265 Å². The normalized spacial score (nSPS) is 29.9. The van der Waals surface area contributed by atoms with E-state index in [9.17, 15) is 4.79 Å². The molecule has 246 valence electrons. The summed E-state index contributed by atoms with van der Waals surface area (Å²) in [6.07, 6.45) is 16.7. The predicted molar refractivity (Wildman–Crippen MR) is 183 cm³/mol. The second kappa shape index (κ2) is 15.5. The van der Waals surface area contributed by atoms with Gasteiger partial charge in [-0.3, -0.25) is 4.79 Å². The van der Waals surface area contributed by atoms with Gasteiger partial charge in [0.2, 0.25) is 5.91 Å². The zero-order valence-corrected chi connectivity index (χ0v) is 31.1. The molecule has 8 heteroatoms. The first kappa shape index (κ1) is 36.4. The number of epoxide rings is 1. The summed E-state index contributed by atoms with van der Waals surface area (Å²) in [6, 6.07) is 3.67. The van der Waals surface area contributed by atoms with Gasteiger partial charge in [-0.05, 0) is 88.1 Å². The molecule has 0 unspecified atom stereocenters. The third-order valence-corrected chi connectivity index (χ3v) is 20.0. The van der Waals surface area contributed by atoms with Gasteiger partial charge in [0.05, 0.1) is 19.3 Å². The van der Waals surface area contributed by atoms with Crippen molar-refractivity contribution in [2.75, 3.05) is 13.2 Å². The second-order valence-corrected chi connectivity index (χ2v) is 24.4. The molecule has 1 saturated carbocycles. The van der Waals surface area contributed by atoms with Gasteiger partial charge in [-0.15, -0.1) is 0 Å². The zero-order chi connectivity index (χ0) is 31.9. The minimum Gasteiger partial charge on any atom is -0.411 e. The lowest BCUT2D eigenvalue weighted by molar-refractivity contribution is -0.117. The van der Waals surface area contributed by atoms with Crippen molar-refractivity contribution in [3.8, 4) is 0 Å². The summed E-state index contributed by atoms with van der Waals surface area (Å²) in [7, 11) is -3.62. The number of allylic oxidation sites excluding steroid dienone is 3. The molecule has 0 bridgehead atoms. The maximum absolute atomic E-state index is 12.6. The van der Waals surface area contributed by atoms with E-state index in [-0.39, 0.29) is 40.9 Å². The van der Waals surface area contributed by atoms with Gasteiger partial charge < -0.3 is 23.6 Å². The second-order valence-electron chi connectivity index (χ2n) is 14.9. The van der Waals surface area contributed by atoms with Crippen LogP contribution >= 0.6 is 0 Å². The number of hydrogen-bond acceptors (Lipinski definition) is 5. The van der Waals surface area contributed by atoms with E-state index in [1.165, 1.54) is 5.57 Å². The smallest absolute Gasteiger partial charge is 0.243 e. The fourth-order valence-electron chi connectivity index (χ4n) is 6.26. The van der Waals surface area contributed by atoms with Crippen molar-refractivity contribution in [1.82, 2.24) is 5.32 Å². The average molecular weight is 634 g/mol. The topological polar surface area (TPSA) is 69.3 Å². The molecule has 6 nitrogen and oxygen atoms in total. The Kier molecular flexibility index (Phi) is 13.1. The molecule has 0 radical (unpaired) electrons. The van der Waals surface area contributed by atoms with E-state index < -0.39 is 16.6 Å². The number of ether oxygens (including phenoxy) is 2. The van der Waals surface area contributed by atoms with Crippen LogP contribution in [-0.2, 0) is 23.1 Å². The van der Waals surface area contributed by atoms with Crippen LogP contribution in [0.15, 0.2) is 36.0 Å². The Bertz CT molecular complexity index is 976. The van der Waals surface area contributed by atoms with Crippen molar-refractivity contribution in [2.45, 2.75) is 160 Å². The Morgan fingerprint density at radius 1 is 1.07 bits per heavy atom. The van der Waals surface area contributed by atoms with E-state index in [2.05, 4.69) is 85.1 Å². The van der Waals surface area contributed by atoms with Gasteiger partial charge in [0, 0.05) is 18.5 Å². The van der Waals surface area contributed by atoms with Crippen LogP contribution in [0.1, 0.15) is 93.9 Å². The molecule has 3 fully saturated rings. The lowest BCUT2D eigenvalue weighted by atomic mass is 9.83. The lowest BCUT2D eigenvalue weighted by Gasteiger charge is -2.41. The summed E-state index contributed by atoms with van der Waals surface area (Å²) in [5.74, 6) is 0.665. The molecular formula is C35H63NO5Si2. The summed E-state index contributed by atoms with van der Waals surface area (Å²) >= 11 is 0. The van der Waals surface area contributed by atoms with E-state index in [0.29, 0.717) is 5.92 Å².